The third-order valence-corrected chi connectivity index (χ3v) is 3.09. The van der Waals surface area contributed by atoms with Gasteiger partial charge in [0.15, 0.2) is 4.77 Å². The third kappa shape index (κ3) is 1.60. The van der Waals surface area contributed by atoms with Crippen LogP contribution in [0.15, 0.2) is 42.7 Å². The number of ether oxygens (including phenoxy) is 1. The molecule has 0 saturated heterocycles. The Balaban J connectivity index is 2.38. The van der Waals surface area contributed by atoms with Gasteiger partial charge >= 0.3 is 0 Å². The van der Waals surface area contributed by atoms with Crippen LogP contribution in [0.1, 0.15) is 0 Å². The Kier molecular flexibility index (Phi) is 2.60. The van der Waals surface area contributed by atoms with Gasteiger partial charge in [0.25, 0.3) is 0 Å². The highest BCUT2D eigenvalue weighted by Crippen LogP contribution is 2.26. The molecule has 0 amide bonds. The van der Waals surface area contributed by atoms with Crippen LogP contribution in [-0.2, 0) is 0 Å². The van der Waals surface area contributed by atoms with Gasteiger partial charge in [-0.1, -0.05) is 12.1 Å². The SMILES string of the molecule is COc1ccccc1-n1c(=S)[nH]c2cnccc21. The molecule has 0 unspecified atom stereocenters. The fourth-order valence-corrected chi connectivity index (χ4v) is 2.32. The molecule has 0 aliphatic heterocycles. The molecule has 0 aliphatic carbocycles. The number of aromatic nitrogens is 3. The lowest BCUT2D eigenvalue weighted by molar-refractivity contribution is 0.413. The van der Waals surface area contributed by atoms with Gasteiger partial charge in [-0.25, -0.2) is 0 Å². The number of imidazole rings is 1. The van der Waals surface area contributed by atoms with Crippen molar-refractivity contribution >= 4 is 23.3 Å². The molecule has 3 rings (SSSR count). The Morgan fingerprint density at radius 1 is 1.28 bits per heavy atom. The summed E-state index contributed by atoms with van der Waals surface area (Å²) >= 11 is 5.37. The van der Waals surface area contributed by atoms with Crippen LogP contribution >= 0.6 is 12.2 Å². The predicted molar refractivity (Wildman–Crippen MR) is 72.8 cm³/mol. The molecule has 3 aromatic rings. The molecule has 90 valence electrons. The summed E-state index contributed by atoms with van der Waals surface area (Å²) in [5, 5.41) is 0. The maximum Gasteiger partial charge on any atom is 0.182 e. The second kappa shape index (κ2) is 4.27. The van der Waals surface area contributed by atoms with E-state index in [1.807, 2.05) is 34.9 Å². The first kappa shape index (κ1) is 11.0. The zero-order valence-corrected chi connectivity index (χ0v) is 10.6. The summed E-state index contributed by atoms with van der Waals surface area (Å²) in [7, 11) is 1.65. The van der Waals surface area contributed by atoms with Crippen molar-refractivity contribution in [3.8, 4) is 11.4 Å². The highest BCUT2D eigenvalue weighted by atomic mass is 32.1. The zero-order chi connectivity index (χ0) is 12.5. The molecular weight excluding hydrogens is 246 g/mol. The number of hydrogen-bond donors (Lipinski definition) is 1. The van der Waals surface area contributed by atoms with Crippen molar-refractivity contribution in [3.05, 3.63) is 47.5 Å². The van der Waals surface area contributed by atoms with Crippen molar-refractivity contribution in [2.45, 2.75) is 0 Å². The van der Waals surface area contributed by atoms with Crippen LogP contribution in [-0.4, -0.2) is 21.6 Å². The Morgan fingerprint density at radius 2 is 2.11 bits per heavy atom. The smallest absolute Gasteiger partial charge is 0.182 e. The fraction of sp³-hybridized carbons (Fsp3) is 0.0769. The third-order valence-electron chi connectivity index (χ3n) is 2.81. The first-order valence-corrected chi connectivity index (χ1v) is 5.90. The van der Waals surface area contributed by atoms with E-state index in [1.165, 1.54) is 0 Å². The van der Waals surface area contributed by atoms with Gasteiger partial charge in [0.05, 0.1) is 30.0 Å². The van der Waals surface area contributed by atoms with Crippen molar-refractivity contribution in [3.63, 3.8) is 0 Å². The minimum Gasteiger partial charge on any atom is -0.495 e. The molecule has 5 heteroatoms. The van der Waals surface area contributed by atoms with E-state index in [-0.39, 0.29) is 0 Å². The number of benzene rings is 1. The number of pyridine rings is 1. The normalized spacial score (nSPS) is 10.7. The van der Waals surface area contributed by atoms with Crippen molar-refractivity contribution in [2.75, 3.05) is 7.11 Å². The number of methoxy groups -OCH3 is 1. The lowest BCUT2D eigenvalue weighted by atomic mass is 10.3. The van der Waals surface area contributed by atoms with Crippen LogP contribution in [0.3, 0.4) is 0 Å². The Bertz CT molecular complexity index is 760. The van der Waals surface area contributed by atoms with Gasteiger partial charge in [0.1, 0.15) is 5.75 Å². The van der Waals surface area contributed by atoms with E-state index < -0.39 is 0 Å². The van der Waals surface area contributed by atoms with Crippen molar-refractivity contribution in [2.24, 2.45) is 0 Å². The van der Waals surface area contributed by atoms with Gasteiger partial charge in [-0.15, -0.1) is 0 Å². The van der Waals surface area contributed by atoms with Gasteiger partial charge < -0.3 is 9.72 Å². The highest BCUT2D eigenvalue weighted by Gasteiger charge is 2.10. The molecule has 2 aromatic heterocycles. The van der Waals surface area contributed by atoms with Crippen LogP contribution < -0.4 is 4.74 Å². The molecule has 1 N–H and O–H groups in total. The molecule has 2 heterocycles. The van der Waals surface area contributed by atoms with Gasteiger partial charge in [-0.2, -0.15) is 0 Å². The number of H-pyrrole nitrogens is 1. The minimum absolute atomic E-state index is 0.627. The van der Waals surface area contributed by atoms with Crippen LogP contribution in [0.4, 0.5) is 0 Å². The summed E-state index contributed by atoms with van der Waals surface area (Å²) in [5.74, 6) is 0.784. The van der Waals surface area contributed by atoms with E-state index >= 15 is 0 Å². The van der Waals surface area contributed by atoms with Crippen molar-refractivity contribution in [1.82, 2.24) is 14.5 Å². The zero-order valence-electron chi connectivity index (χ0n) is 9.75. The molecule has 18 heavy (non-hydrogen) atoms. The summed E-state index contributed by atoms with van der Waals surface area (Å²) in [6.45, 7) is 0. The number of hydrogen-bond acceptors (Lipinski definition) is 3. The molecule has 1 aromatic carbocycles. The first-order chi connectivity index (χ1) is 8.81. The molecule has 0 spiro atoms. The first-order valence-electron chi connectivity index (χ1n) is 5.49. The molecule has 0 saturated carbocycles. The average molecular weight is 257 g/mol. The second-order valence-electron chi connectivity index (χ2n) is 3.83. The largest absolute Gasteiger partial charge is 0.495 e. The molecular formula is C13H11N3OS. The van der Waals surface area contributed by atoms with E-state index in [2.05, 4.69) is 9.97 Å². The quantitative estimate of drug-likeness (QED) is 0.717. The van der Waals surface area contributed by atoms with Crippen LogP contribution in [0, 0.1) is 4.77 Å². The van der Waals surface area contributed by atoms with E-state index in [0.29, 0.717) is 4.77 Å². The second-order valence-corrected chi connectivity index (χ2v) is 4.22. The summed E-state index contributed by atoms with van der Waals surface area (Å²) in [6, 6.07) is 9.70. The highest BCUT2D eigenvalue weighted by molar-refractivity contribution is 7.71. The Morgan fingerprint density at radius 3 is 2.94 bits per heavy atom. The summed E-state index contributed by atoms with van der Waals surface area (Å²) in [4.78, 5) is 7.22. The van der Waals surface area contributed by atoms with E-state index in [1.54, 1.807) is 19.5 Å². The number of rotatable bonds is 2. The maximum absolute atomic E-state index is 5.38. The molecule has 0 bridgehead atoms. The van der Waals surface area contributed by atoms with Gasteiger partial charge in [0.2, 0.25) is 0 Å². The fourth-order valence-electron chi connectivity index (χ4n) is 2.01. The number of nitrogens with zero attached hydrogens (tertiary/aromatic N) is 2. The van der Waals surface area contributed by atoms with E-state index in [4.69, 9.17) is 17.0 Å². The number of para-hydroxylation sites is 2. The molecule has 0 atom stereocenters. The number of fused-ring (bicyclic) bond motifs is 1. The summed E-state index contributed by atoms with van der Waals surface area (Å²) in [5.41, 5.74) is 2.82. The van der Waals surface area contributed by atoms with Gasteiger partial charge in [0, 0.05) is 6.20 Å². The van der Waals surface area contributed by atoms with Crippen molar-refractivity contribution < 1.29 is 4.74 Å². The molecule has 0 radical (unpaired) electrons. The van der Waals surface area contributed by atoms with Gasteiger partial charge in [-0.05, 0) is 30.4 Å². The van der Waals surface area contributed by atoms with Crippen LogP contribution in [0.2, 0.25) is 0 Å². The molecule has 4 nitrogen and oxygen atoms in total. The standard InChI is InChI=1S/C13H11N3OS/c1-17-12-5-3-2-4-11(12)16-10-6-7-14-8-9(10)15-13(16)18/h2-8H,1H3,(H,15,18). The average Bonchev–Trinajstić information content (AvgIpc) is 2.74. The minimum atomic E-state index is 0.627. The summed E-state index contributed by atoms with van der Waals surface area (Å²) in [6.07, 6.45) is 3.51. The van der Waals surface area contributed by atoms with E-state index in [9.17, 15) is 0 Å². The lowest BCUT2D eigenvalue weighted by Gasteiger charge is -2.09. The lowest BCUT2D eigenvalue weighted by Crippen LogP contribution is -1.97. The predicted octanol–water partition coefficient (Wildman–Crippen LogP) is 3.09. The number of nitrogens with one attached hydrogen (secondary N) is 1. The molecule has 0 fully saturated rings. The van der Waals surface area contributed by atoms with Crippen LogP contribution in [0.25, 0.3) is 16.7 Å². The van der Waals surface area contributed by atoms with Gasteiger partial charge in [-0.3, -0.25) is 9.55 Å². The van der Waals surface area contributed by atoms with Crippen molar-refractivity contribution in [1.29, 1.82) is 0 Å². The maximum atomic E-state index is 5.38. The Labute approximate surface area is 109 Å². The summed E-state index contributed by atoms with van der Waals surface area (Å²) < 4.78 is 7.95. The van der Waals surface area contributed by atoms with Crippen LogP contribution in [0.5, 0.6) is 5.75 Å². The Hall–Kier alpha value is -2.14. The monoisotopic (exact) mass is 257 g/mol. The topological polar surface area (TPSA) is 42.8 Å². The molecule has 0 aliphatic rings. The van der Waals surface area contributed by atoms with E-state index in [0.717, 1.165) is 22.5 Å². The number of aromatic amines is 1.